The van der Waals surface area contributed by atoms with Crippen molar-refractivity contribution in [3.63, 3.8) is 0 Å². The van der Waals surface area contributed by atoms with Gasteiger partial charge in [-0.15, -0.1) is 0 Å². The van der Waals surface area contributed by atoms with Crippen LogP contribution in [-0.2, 0) is 0 Å². The van der Waals surface area contributed by atoms with Crippen LogP contribution >= 0.6 is 0 Å². The molecule has 0 aromatic carbocycles. The summed E-state index contributed by atoms with van der Waals surface area (Å²) in [4.78, 5) is 0. The average Bonchev–Trinajstić information content (AvgIpc) is 2.21. The van der Waals surface area contributed by atoms with Crippen molar-refractivity contribution in [3.8, 4) is 0 Å². The van der Waals surface area contributed by atoms with Gasteiger partial charge >= 0.3 is 0 Å². The molecule has 1 heteroatoms. The van der Waals surface area contributed by atoms with Gasteiger partial charge < -0.3 is 5.32 Å². The highest BCUT2D eigenvalue weighted by atomic mass is 14.9. The fourth-order valence-corrected chi connectivity index (χ4v) is 2.89. The van der Waals surface area contributed by atoms with Gasteiger partial charge in [0.2, 0.25) is 0 Å². The van der Waals surface area contributed by atoms with Gasteiger partial charge in [0.15, 0.2) is 0 Å². The SMILES string of the molecule is CCCCC(CC)CC(NCC)C1CCC1. The Labute approximate surface area is 102 Å². The second-order valence-corrected chi connectivity index (χ2v) is 5.51. The lowest BCUT2D eigenvalue weighted by Gasteiger charge is -2.36. The van der Waals surface area contributed by atoms with Crippen LogP contribution in [0.4, 0.5) is 0 Å². The summed E-state index contributed by atoms with van der Waals surface area (Å²) in [5.41, 5.74) is 0. The first-order valence-corrected chi connectivity index (χ1v) is 7.55. The van der Waals surface area contributed by atoms with Crippen LogP contribution in [0.5, 0.6) is 0 Å². The molecule has 1 fully saturated rings. The summed E-state index contributed by atoms with van der Waals surface area (Å²) in [6, 6.07) is 0.820. The Morgan fingerprint density at radius 3 is 2.38 bits per heavy atom. The van der Waals surface area contributed by atoms with E-state index in [1.807, 2.05) is 0 Å². The molecule has 1 nitrogen and oxygen atoms in total. The maximum Gasteiger partial charge on any atom is 0.00978 e. The summed E-state index contributed by atoms with van der Waals surface area (Å²) in [7, 11) is 0. The monoisotopic (exact) mass is 225 g/mol. The first-order chi connectivity index (χ1) is 7.81. The second kappa shape index (κ2) is 8.11. The molecule has 0 radical (unpaired) electrons. The van der Waals surface area contributed by atoms with Crippen LogP contribution in [0.25, 0.3) is 0 Å². The Kier molecular flexibility index (Phi) is 7.11. The van der Waals surface area contributed by atoms with Crippen molar-refractivity contribution < 1.29 is 0 Å². The number of hydrogen-bond acceptors (Lipinski definition) is 1. The molecule has 16 heavy (non-hydrogen) atoms. The maximum absolute atomic E-state index is 3.73. The van der Waals surface area contributed by atoms with Gasteiger partial charge in [0.25, 0.3) is 0 Å². The van der Waals surface area contributed by atoms with Crippen molar-refractivity contribution in [2.45, 2.75) is 78.2 Å². The number of unbranched alkanes of at least 4 members (excludes halogenated alkanes) is 1. The molecule has 96 valence electrons. The molecule has 0 bridgehead atoms. The van der Waals surface area contributed by atoms with Gasteiger partial charge in [0.05, 0.1) is 0 Å². The molecule has 0 aromatic rings. The van der Waals surface area contributed by atoms with Crippen LogP contribution in [0.15, 0.2) is 0 Å². The minimum Gasteiger partial charge on any atom is -0.314 e. The first kappa shape index (κ1) is 14.0. The summed E-state index contributed by atoms with van der Waals surface area (Å²) in [6.07, 6.45) is 11.4. The molecule has 0 saturated heterocycles. The van der Waals surface area contributed by atoms with Crippen molar-refractivity contribution in [2.24, 2.45) is 11.8 Å². The summed E-state index contributed by atoms with van der Waals surface area (Å²) in [6.45, 7) is 8.06. The van der Waals surface area contributed by atoms with Crippen LogP contribution in [0.1, 0.15) is 72.1 Å². The highest BCUT2D eigenvalue weighted by Crippen LogP contribution is 2.33. The van der Waals surface area contributed by atoms with E-state index in [0.717, 1.165) is 24.4 Å². The van der Waals surface area contributed by atoms with Crippen LogP contribution in [-0.4, -0.2) is 12.6 Å². The predicted octanol–water partition coefficient (Wildman–Crippen LogP) is 4.37. The smallest absolute Gasteiger partial charge is 0.00978 e. The topological polar surface area (TPSA) is 12.0 Å². The Balaban J connectivity index is 2.31. The minimum atomic E-state index is 0.820. The molecule has 0 aromatic heterocycles. The lowest BCUT2D eigenvalue weighted by Crippen LogP contribution is -2.40. The van der Waals surface area contributed by atoms with Gasteiger partial charge in [0, 0.05) is 6.04 Å². The third-order valence-corrected chi connectivity index (χ3v) is 4.32. The van der Waals surface area contributed by atoms with E-state index in [2.05, 4.69) is 26.1 Å². The van der Waals surface area contributed by atoms with Crippen molar-refractivity contribution in [1.82, 2.24) is 5.32 Å². The molecule has 1 aliphatic rings. The lowest BCUT2D eigenvalue weighted by atomic mass is 9.75. The number of hydrogen-bond donors (Lipinski definition) is 1. The zero-order valence-corrected chi connectivity index (χ0v) is 11.6. The zero-order valence-electron chi connectivity index (χ0n) is 11.6. The van der Waals surface area contributed by atoms with Crippen LogP contribution < -0.4 is 5.32 Å². The third kappa shape index (κ3) is 4.45. The quantitative estimate of drug-likeness (QED) is 0.614. The van der Waals surface area contributed by atoms with E-state index in [1.165, 1.54) is 51.4 Å². The summed E-state index contributed by atoms with van der Waals surface area (Å²) in [5.74, 6) is 1.96. The van der Waals surface area contributed by atoms with E-state index in [9.17, 15) is 0 Å². The average molecular weight is 225 g/mol. The van der Waals surface area contributed by atoms with Crippen LogP contribution in [0.2, 0.25) is 0 Å². The molecule has 0 heterocycles. The predicted molar refractivity (Wildman–Crippen MR) is 72.7 cm³/mol. The fourth-order valence-electron chi connectivity index (χ4n) is 2.89. The first-order valence-electron chi connectivity index (χ1n) is 7.55. The van der Waals surface area contributed by atoms with Crippen molar-refractivity contribution in [3.05, 3.63) is 0 Å². The molecule has 1 aliphatic carbocycles. The Morgan fingerprint density at radius 2 is 1.94 bits per heavy atom. The maximum atomic E-state index is 3.73. The highest BCUT2D eigenvalue weighted by molar-refractivity contribution is 4.84. The second-order valence-electron chi connectivity index (χ2n) is 5.51. The highest BCUT2D eigenvalue weighted by Gasteiger charge is 2.27. The normalized spacial score (nSPS) is 20.4. The van der Waals surface area contributed by atoms with Gasteiger partial charge in [-0.25, -0.2) is 0 Å². The van der Waals surface area contributed by atoms with Gasteiger partial charge in [-0.05, 0) is 37.6 Å². The molecule has 0 aliphatic heterocycles. The lowest BCUT2D eigenvalue weighted by molar-refractivity contribution is 0.195. The van der Waals surface area contributed by atoms with E-state index in [1.54, 1.807) is 0 Å². The minimum absolute atomic E-state index is 0.820. The third-order valence-electron chi connectivity index (χ3n) is 4.32. The Hall–Kier alpha value is -0.0400. The Morgan fingerprint density at radius 1 is 1.19 bits per heavy atom. The molecule has 2 unspecified atom stereocenters. The summed E-state index contributed by atoms with van der Waals surface area (Å²) in [5, 5.41) is 3.73. The van der Waals surface area contributed by atoms with Crippen molar-refractivity contribution >= 4 is 0 Å². The molecule has 1 N–H and O–H groups in total. The van der Waals surface area contributed by atoms with E-state index in [-0.39, 0.29) is 0 Å². The molecule has 2 atom stereocenters. The zero-order chi connectivity index (χ0) is 11.8. The van der Waals surface area contributed by atoms with E-state index < -0.39 is 0 Å². The van der Waals surface area contributed by atoms with E-state index >= 15 is 0 Å². The molecule has 0 amide bonds. The molecule has 1 saturated carbocycles. The van der Waals surface area contributed by atoms with E-state index in [0.29, 0.717) is 0 Å². The number of nitrogens with one attached hydrogen (secondary N) is 1. The van der Waals surface area contributed by atoms with Gasteiger partial charge in [-0.1, -0.05) is 52.9 Å². The van der Waals surface area contributed by atoms with Gasteiger partial charge in [-0.3, -0.25) is 0 Å². The molecular formula is C15H31N. The van der Waals surface area contributed by atoms with Crippen LogP contribution in [0.3, 0.4) is 0 Å². The molecular weight excluding hydrogens is 194 g/mol. The standard InChI is InChI=1S/C15H31N/c1-4-7-9-13(5-2)12-15(16-6-3)14-10-8-11-14/h13-16H,4-12H2,1-3H3. The Bertz CT molecular complexity index is 163. The molecule has 0 spiro atoms. The fraction of sp³-hybridized carbons (Fsp3) is 1.00. The largest absolute Gasteiger partial charge is 0.314 e. The van der Waals surface area contributed by atoms with Gasteiger partial charge in [-0.2, -0.15) is 0 Å². The van der Waals surface area contributed by atoms with Gasteiger partial charge in [0.1, 0.15) is 0 Å². The van der Waals surface area contributed by atoms with Crippen molar-refractivity contribution in [2.75, 3.05) is 6.54 Å². The van der Waals surface area contributed by atoms with Crippen molar-refractivity contribution in [1.29, 1.82) is 0 Å². The molecule has 1 rings (SSSR count). The summed E-state index contributed by atoms with van der Waals surface area (Å²) < 4.78 is 0. The van der Waals surface area contributed by atoms with Crippen LogP contribution in [0, 0.1) is 11.8 Å². The number of rotatable bonds is 9. The van der Waals surface area contributed by atoms with E-state index in [4.69, 9.17) is 0 Å². The summed E-state index contributed by atoms with van der Waals surface area (Å²) >= 11 is 0.